The van der Waals surface area contributed by atoms with Gasteiger partial charge in [-0.3, -0.25) is 4.68 Å². The highest BCUT2D eigenvalue weighted by atomic mass is 16.5. The van der Waals surface area contributed by atoms with Gasteiger partial charge in [-0.05, 0) is 31.9 Å². The van der Waals surface area contributed by atoms with E-state index in [0.29, 0.717) is 12.3 Å². The van der Waals surface area contributed by atoms with Gasteiger partial charge in [0, 0.05) is 31.0 Å². The summed E-state index contributed by atoms with van der Waals surface area (Å²) in [6.07, 6.45) is 6.03. The summed E-state index contributed by atoms with van der Waals surface area (Å²) in [5, 5.41) is 16.6. The first-order chi connectivity index (χ1) is 10.8. The summed E-state index contributed by atoms with van der Waals surface area (Å²) in [5.74, 6) is 1.11. The SMILES string of the molecule is CCn1cc([C@H]2OCCC[C@@H]2NCc2ccc(C#N)o2)cn1. The number of nitrogens with one attached hydrogen (secondary N) is 1. The Morgan fingerprint density at radius 1 is 1.50 bits per heavy atom. The number of ether oxygens (including phenoxy) is 1. The summed E-state index contributed by atoms with van der Waals surface area (Å²) in [7, 11) is 0. The summed E-state index contributed by atoms with van der Waals surface area (Å²) in [5.41, 5.74) is 1.11. The van der Waals surface area contributed by atoms with Crippen molar-refractivity contribution in [3.8, 4) is 6.07 Å². The Hall–Kier alpha value is -2.10. The molecule has 1 N–H and O–H groups in total. The van der Waals surface area contributed by atoms with Gasteiger partial charge in [-0.25, -0.2) is 0 Å². The molecule has 1 aliphatic rings. The zero-order valence-corrected chi connectivity index (χ0v) is 12.7. The molecule has 3 rings (SSSR count). The van der Waals surface area contributed by atoms with Gasteiger partial charge in [0.25, 0.3) is 0 Å². The van der Waals surface area contributed by atoms with E-state index in [1.807, 2.05) is 29.2 Å². The Morgan fingerprint density at radius 3 is 3.14 bits per heavy atom. The number of aryl methyl sites for hydroxylation is 1. The summed E-state index contributed by atoms with van der Waals surface area (Å²) in [6.45, 7) is 4.29. The van der Waals surface area contributed by atoms with E-state index in [1.165, 1.54) is 0 Å². The lowest BCUT2D eigenvalue weighted by Gasteiger charge is -2.31. The number of hydrogen-bond donors (Lipinski definition) is 1. The lowest BCUT2D eigenvalue weighted by atomic mass is 9.98. The van der Waals surface area contributed by atoms with E-state index in [4.69, 9.17) is 14.4 Å². The highest BCUT2D eigenvalue weighted by Gasteiger charge is 2.28. The number of nitrogens with zero attached hydrogens (tertiary/aromatic N) is 3. The smallest absolute Gasteiger partial charge is 0.203 e. The van der Waals surface area contributed by atoms with Crippen LogP contribution in [0.2, 0.25) is 0 Å². The Balaban J connectivity index is 1.66. The quantitative estimate of drug-likeness (QED) is 0.917. The average molecular weight is 300 g/mol. The molecule has 2 aromatic heterocycles. The third kappa shape index (κ3) is 3.21. The van der Waals surface area contributed by atoms with Crippen molar-refractivity contribution < 1.29 is 9.15 Å². The fourth-order valence-electron chi connectivity index (χ4n) is 2.78. The molecule has 0 spiro atoms. The van der Waals surface area contributed by atoms with Crippen LogP contribution in [-0.4, -0.2) is 22.4 Å². The normalized spacial score (nSPS) is 21.6. The molecule has 0 aromatic carbocycles. The Labute approximate surface area is 129 Å². The van der Waals surface area contributed by atoms with E-state index in [1.54, 1.807) is 6.07 Å². The van der Waals surface area contributed by atoms with Crippen molar-refractivity contribution in [1.82, 2.24) is 15.1 Å². The molecule has 1 saturated heterocycles. The van der Waals surface area contributed by atoms with Gasteiger partial charge in [-0.15, -0.1) is 0 Å². The van der Waals surface area contributed by atoms with Crippen LogP contribution in [0.25, 0.3) is 0 Å². The Kier molecular flexibility index (Phi) is 4.56. The Morgan fingerprint density at radius 2 is 2.41 bits per heavy atom. The van der Waals surface area contributed by atoms with Crippen molar-refractivity contribution >= 4 is 0 Å². The second-order valence-electron chi connectivity index (χ2n) is 5.43. The van der Waals surface area contributed by atoms with Crippen molar-refractivity contribution in [2.24, 2.45) is 0 Å². The van der Waals surface area contributed by atoms with E-state index in [0.717, 1.165) is 37.3 Å². The van der Waals surface area contributed by atoms with E-state index in [-0.39, 0.29) is 12.1 Å². The molecule has 1 aliphatic heterocycles. The number of aromatic nitrogens is 2. The Bertz CT molecular complexity index is 655. The van der Waals surface area contributed by atoms with Crippen LogP contribution in [0.3, 0.4) is 0 Å². The van der Waals surface area contributed by atoms with Gasteiger partial charge >= 0.3 is 0 Å². The fraction of sp³-hybridized carbons (Fsp3) is 0.500. The minimum atomic E-state index is 0.0134. The monoisotopic (exact) mass is 300 g/mol. The van der Waals surface area contributed by atoms with Gasteiger partial charge in [-0.1, -0.05) is 0 Å². The molecule has 0 unspecified atom stereocenters. The van der Waals surface area contributed by atoms with Crippen LogP contribution >= 0.6 is 0 Å². The molecule has 6 heteroatoms. The largest absolute Gasteiger partial charge is 0.449 e. The van der Waals surface area contributed by atoms with E-state index in [9.17, 15) is 0 Å². The number of hydrogen-bond acceptors (Lipinski definition) is 5. The van der Waals surface area contributed by atoms with Gasteiger partial charge < -0.3 is 14.5 Å². The minimum Gasteiger partial charge on any atom is -0.449 e. The third-order valence-electron chi connectivity index (χ3n) is 3.94. The second kappa shape index (κ2) is 6.77. The predicted octanol–water partition coefficient (Wildman–Crippen LogP) is 2.38. The standard InChI is InChI=1S/C16H20N4O2/c1-2-20-11-12(9-19-20)16-15(4-3-7-21-16)18-10-14-6-5-13(8-17)22-14/h5-6,9,11,15-16,18H,2-4,7,10H2,1H3/t15-,16+/m0/s1. The molecule has 22 heavy (non-hydrogen) atoms. The molecule has 2 aromatic rings. The molecule has 0 amide bonds. The van der Waals surface area contributed by atoms with Crippen molar-refractivity contribution in [3.63, 3.8) is 0 Å². The molecule has 1 fully saturated rings. The molecule has 2 atom stereocenters. The minimum absolute atomic E-state index is 0.0134. The highest BCUT2D eigenvalue weighted by Crippen LogP contribution is 2.28. The maximum Gasteiger partial charge on any atom is 0.203 e. The van der Waals surface area contributed by atoms with Crippen LogP contribution in [0.5, 0.6) is 0 Å². The van der Waals surface area contributed by atoms with Crippen LogP contribution in [0, 0.1) is 11.3 Å². The molecular weight excluding hydrogens is 280 g/mol. The first-order valence-electron chi connectivity index (χ1n) is 7.66. The number of furan rings is 1. The van der Waals surface area contributed by atoms with Crippen molar-refractivity contribution in [2.75, 3.05) is 6.61 Å². The summed E-state index contributed by atoms with van der Waals surface area (Å²) in [6, 6.07) is 5.74. The molecule has 116 valence electrons. The zero-order chi connectivity index (χ0) is 15.4. The lowest BCUT2D eigenvalue weighted by Crippen LogP contribution is -2.38. The predicted molar refractivity (Wildman–Crippen MR) is 79.9 cm³/mol. The average Bonchev–Trinajstić information content (AvgIpc) is 3.22. The third-order valence-corrected chi connectivity index (χ3v) is 3.94. The van der Waals surface area contributed by atoms with Gasteiger partial charge in [-0.2, -0.15) is 10.4 Å². The van der Waals surface area contributed by atoms with Crippen molar-refractivity contribution in [2.45, 2.75) is 45.0 Å². The summed E-state index contributed by atoms with van der Waals surface area (Å²) >= 11 is 0. The fourth-order valence-corrected chi connectivity index (χ4v) is 2.78. The maximum absolute atomic E-state index is 8.79. The van der Waals surface area contributed by atoms with E-state index >= 15 is 0 Å². The number of rotatable bonds is 5. The summed E-state index contributed by atoms with van der Waals surface area (Å²) < 4.78 is 13.3. The molecule has 0 bridgehead atoms. The van der Waals surface area contributed by atoms with Crippen LogP contribution in [0.15, 0.2) is 28.9 Å². The van der Waals surface area contributed by atoms with E-state index < -0.39 is 0 Å². The highest BCUT2D eigenvalue weighted by molar-refractivity contribution is 5.19. The van der Waals surface area contributed by atoms with Crippen LogP contribution in [0.4, 0.5) is 0 Å². The molecule has 6 nitrogen and oxygen atoms in total. The first-order valence-corrected chi connectivity index (χ1v) is 7.66. The topological polar surface area (TPSA) is 76.0 Å². The molecule has 3 heterocycles. The van der Waals surface area contributed by atoms with Gasteiger partial charge in [0.05, 0.1) is 12.7 Å². The van der Waals surface area contributed by atoms with Gasteiger partial charge in [0.15, 0.2) is 0 Å². The number of nitriles is 1. The van der Waals surface area contributed by atoms with Gasteiger partial charge in [0.2, 0.25) is 5.76 Å². The zero-order valence-electron chi connectivity index (χ0n) is 12.7. The molecular formula is C16H20N4O2. The van der Waals surface area contributed by atoms with E-state index in [2.05, 4.69) is 17.3 Å². The van der Waals surface area contributed by atoms with Crippen LogP contribution < -0.4 is 5.32 Å². The molecule has 0 aliphatic carbocycles. The lowest BCUT2D eigenvalue weighted by molar-refractivity contribution is -0.0116. The van der Waals surface area contributed by atoms with Gasteiger partial charge in [0.1, 0.15) is 17.9 Å². The molecule has 0 radical (unpaired) electrons. The molecule has 0 saturated carbocycles. The maximum atomic E-state index is 8.79. The summed E-state index contributed by atoms with van der Waals surface area (Å²) in [4.78, 5) is 0. The van der Waals surface area contributed by atoms with Crippen LogP contribution in [-0.2, 0) is 17.8 Å². The van der Waals surface area contributed by atoms with Crippen molar-refractivity contribution in [1.29, 1.82) is 5.26 Å². The van der Waals surface area contributed by atoms with Crippen LogP contribution in [0.1, 0.15) is 43.0 Å². The first kappa shape index (κ1) is 14.8. The second-order valence-corrected chi connectivity index (χ2v) is 5.43. The van der Waals surface area contributed by atoms with Crippen molar-refractivity contribution in [3.05, 3.63) is 41.6 Å².